The van der Waals surface area contributed by atoms with Crippen LogP contribution >= 0.6 is 0 Å². The van der Waals surface area contributed by atoms with Crippen molar-refractivity contribution in [3.8, 4) is 0 Å². The van der Waals surface area contributed by atoms with Gasteiger partial charge in [-0.3, -0.25) is 14.9 Å². The van der Waals surface area contributed by atoms with Crippen LogP contribution in [-0.4, -0.2) is 16.9 Å². The summed E-state index contributed by atoms with van der Waals surface area (Å²) in [4.78, 5) is 23.9. The molecule has 0 bridgehead atoms. The third-order valence-corrected chi connectivity index (χ3v) is 6.34. The molecule has 0 aliphatic heterocycles. The molecule has 0 unspecified atom stereocenters. The summed E-state index contributed by atoms with van der Waals surface area (Å²) in [6, 6.07) is 12.5. The number of hydrogen-bond donors (Lipinski definition) is 2. The fourth-order valence-electron chi connectivity index (χ4n) is 4.09. The van der Waals surface area contributed by atoms with Crippen LogP contribution in [0.25, 0.3) is 0 Å². The van der Waals surface area contributed by atoms with Gasteiger partial charge >= 0.3 is 0 Å². The standard InChI is InChI=1S/C24H31N3O3/c1-15(2)18-8-11-20(12-9-18)25-24(28)19-10-13-22(23(14-19)27(29)30)26-21-7-5-6-16(3)17(21)4/h8-17,21,26H,5-7H2,1-4H3,(H,25,28)/t16-,17-,21-/m1/s1. The minimum absolute atomic E-state index is 0.0665. The Balaban J connectivity index is 1.77. The van der Waals surface area contributed by atoms with Gasteiger partial charge in [-0.1, -0.05) is 52.7 Å². The Morgan fingerprint density at radius 1 is 1.10 bits per heavy atom. The molecule has 6 heteroatoms. The van der Waals surface area contributed by atoms with Crippen molar-refractivity contribution in [2.45, 2.75) is 58.9 Å². The molecule has 6 nitrogen and oxygen atoms in total. The average Bonchev–Trinajstić information content (AvgIpc) is 2.71. The molecule has 1 amide bonds. The lowest BCUT2D eigenvalue weighted by Gasteiger charge is -2.35. The van der Waals surface area contributed by atoms with Crippen molar-refractivity contribution in [3.63, 3.8) is 0 Å². The zero-order chi connectivity index (χ0) is 21.8. The van der Waals surface area contributed by atoms with E-state index in [1.54, 1.807) is 12.1 Å². The Morgan fingerprint density at radius 2 is 1.80 bits per heavy atom. The number of carbonyl (C=O) groups is 1. The van der Waals surface area contributed by atoms with E-state index in [4.69, 9.17) is 0 Å². The molecule has 160 valence electrons. The molecule has 2 aromatic rings. The monoisotopic (exact) mass is 409 g/mol. The molecule has 0 radical (unpaired) electrons. The Kier molecular flexibility index (Phi) is 6.75. The van der Waals surface area contributed by atoms with Crippen molar-refractivity contribution >= 4 is 23.0 Å². The van der Waals surface area contributed by atoms with E-state index in [1.165, 1.54) is 18.1 Å². The summed E-state index contributed by atoms with van der Waals surface area (Å²) in [6.45, 7) is 8.64. The lowest BCUT2D eigenvalue weighted by atomic mass is 9.78. The topological polar surface area (TPSA) is 84.3 Å². The van der Waals surface area contributed by atoms with Crippen LogP contribution in [0.2, 0.25) is 0 Å². The second-order valence-electron chi connectivity index (χ2n) is 8.74. The van der Waals surface area contributed by atoms with Crippen LogP contribution in [-0.2, 0) is 0 Å². The van der Waals surface area contributed by atoms with Crippen molar-refractivity contribution in [2.24, 2.45) is 11.8 Å². The van der Waals surface area contributed by atoms with Gasteiger partial charge in [-0.25, -0.2) is 0 Å². The maximum atomic E-state index is 12.6. The Hall–Kier alpha value is -2.89. The number of benzene rings is 2. The van der Waals surface area contributed by atoms with Crippen molar-refractivity contribution in [2.75, 3.05) is 10.6 Å². The predicted molar refractivity (Wildman–Crippen MR) is 121 cm³/mol. The van der Waals surface area contributed by atoms with E-state index >= 15 is 0 Å². The molecule has 1 aliphatic carbocycles. The smallest absolute Gasteiger partial charge is 0.293 e. The first-order valence-electron chi connectivity index (χ1n) is 10.7. The molecule has 3 atom stereocenters. The molecule has 1 saturated carbocycles. The number of nitrogens with zero attached hydrogens (tertiary/aromatic N) is 1. The van der Waals surface area contributed by atoms with Gasteiger partial charge in [0.25, 0.3) is 11.6 Å². The number of anilines is 2. The Labute approximate surface area is 178 Å². The van der Waals surface area contributed by atoms with Crippen LogP contribution in [0.3, 0.4) is 0 Å². The van der Waals surface area contributed by atoms with Crippen LogP contribution in [0.4, 0.5) is 17.1 Å². The first-order chi connectivity index (χ1) is 14.3. The third-order valence-electron chi connectivity index (χ3n) is 6.34. The van der Waals surface area contributed by atoms with E-state index in [2.05, 4.69) is 38.3 Å². The molecule has 0 saturated heterocycles. The number of nitrogens with one attached hydrogen (secondary N) is 2. The predicted octanol–water partition coefficient (Wildman–Crippen LogP) is 6.21. The summed E-state index contributed by atoms with van der Waals surface area (Å²) in [7, 11) is 0. The van der Waals surface area contributed by atoms with Crippen molar-refractivity contribution in [1.82, 2.24) is 0 Å². The van der Waals surface area contributed by atoms with Gasteiger partial charge in [-0.15, -0.1) is 0 Å². The van der Waals surface area contributed by atoms with Crippen LogP contribution < -0.4 is 10.6 Å². The van der Waals surface area contributed by atoms with E-state index in [-0.39, 0.29) is 23.2 Å². The molecule has 0 heterocycles. The number of nitro groups is 1. The van der Waals surface area contributed by atoms with Crippen molar-refractivity contribution in [1.29, 1.82) is 0 Å². The average molecular weight is 410 g/mol. The van der Waals surface area contributed by atoms with Crippen LogP contribution in [0, 0.1) is 22.0 Å². The number of nitro benzene ring substituents is 1. The first-order valence-corrected chi connectivity index (χ1v) is 10.7. The normalized spacial score (nSPS) is 21.3. The minimum Gasteiger partial charge on any atom is -0.376 e. The summed E-state index contributed by atoms with van der Waals surface area (Å²) < 4.78 is 0. The number of hydrogen-bond acceptors (Lipinski definition) is 4. The van der Waals surface area contributed by atoms with E-state index in [0.717, 1.165) is 12.8 Å². The van der Waals surface area contributed by atoms with Crippen LogP contribution in [0.5, 0.6) is 0 Å². The first kappa shape index (κ1) is 21.8. The zero-order valence-corrected chi connectivity index (χ0v) is 18.1. The van der Waals surface area contributed by atoms with Crippen molar-refractivity contribution < 1.29 is 9.72 Å². The molecule has 3 rings (SSSR count). The highest BCUT2D eigenvalue weighted by molar-refractivity contribution is 6.05. The third kappa shape index (κ3) is 4.99. The van der Waals surface area contributed by atoms with E-state index in [1.807, 2.05) is 24.3 Å². The highest BCUT2D eigenvalue weighted by atomic mass is 16.6. The van der Waals surface area contributed by atoms with Gasteiger partial charge in [-0.05, 0) is 54.0 Å². The van der Waals surface area contributed by atoms with E-state index in [0.29, 0.717) is 29.1 Å². The second-order valence-corrected chi connectivity index (χ2v) is 8.74. The zero-order valence-electron chi connectivity index (χ0n) is 18.1. The lowest BCUT2D eigenvalue weighted by molar-refractivity contribution is -0.384. The lowest BCUT2D eigenvalue weighted by Crippen LogP contribution is -2.35. The Morgan fingerprint density at radius 3 is 2.43 bits per heavy atom. The number of carbonyl (C=O) groups excluding carboxylic acids is 1. The molecule has 1 fully saturated rings. The van der Waals surface area contributed by atoms with Crippen LogP contribution in [0.1, 0.15) is 68.8 Å². The SMILES string of the molecule is CC(C)c1ccc(NC(=O)c2ccc(N[C@@H]3CCC[C@@H](C)[C@H]3C)c([N+](=O)[O-])c2)cc1. The molecular formula is C24H31N3O3. The summed E-state index contributed by atoms with van der Waals surface area (Å²) in [5.74, 6) is 1.08. The number of rotatable bonds is 6. The van der Waals surface area contributed by atoms with Gasteiger partial charge in [-0.2, -0.15) is 0 Å². The number of amides is 1. The molecule has 2 N–H and O–H groups in total. The summed E-state index contributed by atoms with van der Waals surface area (Å²) in [5.41, 5.74) is 2.53. The maximum Gasteiger partial charge on any atom is 0.293 e. The maximum absolute atomic E-state index is 12.6. The summed E-state index contributed by atoms with van der Waals surface area (Å²) in [6.07, 6.45) is 3.31. The highest BCUT2D eigenvalue weighted by Crippen LogP contribution is 2.34. The minimum atomic E-state index is -0.423. The fraction of sp³-hybridized carbons (Fsp3) is 0.458. The van der Waals surface area contributed by atoms with Gasteiger partial charge in [0.1, 0.15) is 5.69 Å². The second kappa shape index (κ2) is 9.28. The van der Waals surface area contributed by atoms with Gasteiger partial charge in [0.05, 0.1) is 4.92 Å². The van der Waals surface area contributed by atoms with Gasteiger partial charge in [0.2, 0.25) is 0 Å². The molecule has 1 aliphatic rings. The molecule has 30 heavy (non-hydrogen) atoms. The van der Waals surface area contributed by atoms with Gasteiger partial charge < -0.3 is 10.6 Å². The summed E-state index contributed by atoms with van der Waals surface area (Å²) in [5, 5.41) is 17.9. The van der Waals surface area contributed by atoms with Gasteiger partial charge in [0, 0.05) is 23.4 Å². The molecule has 0 spiro atoms. The van der Waals surface area contributed by atoms with Crippen LogP contribution in [0.15, 0.2) is 42.5 Å². The molecule has 0 aromatic heterocycles. The van der Waals surface area contributed by atoms with Crippen molar-refractivity contribution in [3.05, 3.63) is 63.7 Å². The van der Waals surface area contributed by atoms with Gasteiger partial charge in [0.15, 0.2) is 0 Å². The molecule has 2 aromatic carbocycles. The largest absolute Gasteiger partial charge is 0.376 e. The highest BCUT2D eigenvalue weighted by Gasteiger charge is 2.29. The van der Waals surface area contributed by atoms with E-state index in [9.17, 15) is 14.9 Å². The Bertz CT molecular complexity index is 908. The fourth-order valence-corrected chi connectivity index (χ4v) is 4.09. The molecular weight excluding hydrogens is 378 g/mol. The quantitative estimate of drug-likeness (QED) is 0.439. The van der Waals surface area contributed by atoms with E-state index < -0.39 is 4.92 Å². The summed E-state index contributed by atoms with van der Waals surface area (Å²) >= 11 is 0.